The number of fused-ring (bicyclic) bond motifs is 1. The second-order valence-corrected chi connectivity index (χ2v) is 7.05. The van der Waals surface area contributed by atoms with Gasteiger partial charge in [-0.15, -0.1) is 0 Å². The Hall–Kier alpha value is -1.85. The Morgan fingerprint density at radius 3 is 2.67 bits per heavy atom. The Labute approximate surface area is 141 Å². The van der Waals surface area contributed by atoms with Crippen molar-refractivity contribution < 1.29 is 14.3 Å². The molecule has 2 heterocycles. The lowest BCUT2D eigenvalue weighted by Crippen LogP contribution is -2.53. The van der Waals surface area contributed by atoms with E-state index in [4.69, 9.17) is 4.42 Å². The number of aliphatic hydroxyl groups excluding tert-OH is 1. The fourth-order valence-corrected chi connectivity index (χ4v) is 4.03. The van der Waals surface area contributed by atoms with Gasteiger partial charge in [0.15, 0.2) is 5.76 Å². The molecule has 1 N–H and O–H groups in total. The average Bonchev–Trinajstić information content (AvgIpc) is 3.20. The largest absolute Gasteiger partial charge is 0.451 e. The van der Waals surface area contributed by atoms with Crippen molar-refractivity contribution in [2.24, 2.45) is 0 Å². The number of aliphatic hydroxyl groups is 1. The highest BCUT2D eigenvalue weighted by molar-refractivity contribution is 5.96. The van der Waals surface area contributed by atoms with Gasteiger partial charge in [-0.05, 0) is 44.4 Å². The van der Waals surface area contributed by atoms with Crippen LogP contribution in [0.3, 0.4) is 0 Å². The third-order valence-electron chi connectivity index (χ3n) is 5.40. The Bertz CT molecular complexity index is 746. The van der Waals surface area contributed by atoms with E-state index >= 15 is 0 Å². The first kappa shape index (κ1) is 15.7. The molecule has 1 aromatic heterocycles. The van der Waals surface area contributed by atoms with Gasteiger partial charge in [-0.2, -0.15) is 0 Å². The number of rotatable bonds is 2. The quantitative estimate of drug-likeness (QED) is 0.920. The average molecular weight is 328 g/mol. The predicted molar refractivity (Wildman–Crippen MR) is 92.1 cm³/mol. The maximum absolute atomic E-state index is 12.7. The first-order chi connectivity index (χ1) is 11.6. The number of carbonyl (C=O) groups is 1. The van der Waals surface area contributed by atoms with Crippen molar-refractivity contribution in [2.75, 3.05) is 26.2 Å². The zero-order valence-electron chi connectivity index (χ0n) is 14.1. The van der Waals surface area contributed by atoms with E-state index in [9.17, 15) is 9.90 Å². The number of furan rings is 1. The zero-order valence-corrected chi connectivity index (χ0v) is 14.1. The van der Waals surface area contributed by atoms with E-state index in [0.29, 0.717) is 18.8 Å². The van der Waals surface area contributed by atoms with Crippen molar-refractivity contribution >= 4 is 16.9 Å². The summed E-state index contributed by atoms with van der Waals surface area (Å²) >= 11 is 0. The zero-order chi connectivity index (χ0) is 16.7. The fourth-order valence-electron chi connectivity index (χ4n) is 4.03. The van der Waals surface area contributed by atoms with Gasteiger partial charge in [-0.25, -0.2) is 0 Å². The summed E-state index contributed by atoms with van der Waals surface area (Å²) in [7, 11) is 0. The van der Waals surface area contributed by atoms with E-state index in [0.717, 1.165) is 48.9 Å². The number of nitrogens with zero attached hydrogens (tertiary/aromatic N) is 2. The van der Waals surface area contributed by atoms with Crippen LogP contribution in [0, 0.1) is 6.92 Å². The third-order valence-corrected chi connectivity index (χ3v) is 5.40. The van der Waals surface area contributed by atoms with E-state index in [1.807, 2.05) is 36.1 Å². The van der Waals surface area contributed by atoms with Crippen LogP contribution < -0.4 is 0 Å². The number of amides is 1. The summed E-state index contributed by atoms with van der Waals surface area (Å²) in [5.74, 6) is 0.389. The fraction of sp³-hybridized carbons (Fsp3) is 0.526. The predicted octanol–water partition coefficient (Wildman–Crippen LogP) is 2.41. The molecule has 128 valence electrons. The molecule has 2 aromatic rings. The number of benzene rings is 1. The van der Waals surface area contributed by atoms with Crippen molar-refractivity contribution in [2.45, 2.75) is 38.3 Å². The second-order valence-electron chi connectivity index (χ2n) is 7.05. The first-order valence-corrected chi connectivity index (χ1v) is 8.83. The van der Waals surface area contributed by atoms with Crippen molar-refractivity contribution in [1.29, 1.82) is 0 Å². The minimum absolute atomic E-state index is 0.0320. The summed E-state index contributed by atoms with van der Waals surface area (Å²) in [6.45, 7) is 5.07. The maximum Gasteiger partial charge on any atom is 0.289 e. The van der Waals surface area contributed by atoms with E-state index in [2.05, 4.69) is 4.90 Å². The summed E-state index contributed by atoms with van der Waals surface area (Å²) < 4.78 is 5.74. The van der Waals surface area contributed by atoms with Crippen molar-refractivity contribution in [3.63, 3.8) is 0 Å². The molecular weight excluding hydrogens is 304 g/mol. The second kappa shape index (κ2) is 6.22. The van der Waals surface area contributed by atoms with Crippen LogP contribution in [0.15, 0.2) is 28.7 Å². The lowest BCUT2D eigenvalue weighted by Gasteiger charge is -2.38. The number of aryl methyl sites for hydroxylation is 1. The molecule has 2 atom stereocenters. The highest BCUT2D eigenvalue weighted by Crippen LogP contribution is 2.26. The molecule has 0 spiro atoms. The molecule has 2 aliphatic rings. The van der Waals surface area contributed by atoms with Crippen LogP contribution in [0.25, 0.3) is 11.0 Å². The molecule has 1 aromatic carbocycles. The summed E-state index contributed by atoms with van der Waals surface area (Å²) in [6, 6.07) is 8.07. The van der Waals surface area contributed by atoms with Gasteiger partial charge in [0.2, 0.25) is 0 Å². The monoisotopic (exact) mass is 328 g/mol. The van der Waals surface area contributed by atoms with Gasteiger partial charge in [0.05, 0.1) is 6.10 Å². The Morgan fingerprint density at radius 2 is 1.96 bits per heavy atom. The number of hydrogen-bond donors (Lipinski definition) is 1. The smallest absolute Gasteiger partial charge is 0.289 e. The maximum atomic E-state index is 12.7. The molecule has 1 amide bonds. The van der Waals surface area contributed by atoms with Crippen LogP contribution in [-0.4, -0.2) is 59.1 Å². The van der Waals surface area contributed by atoms with E-state index in [-0.39, 0.29) is 18.1 Å². The number of carbonyl (C=O) groups excluding carboxylic acids is 1. The van der Waals surface area contributed by atoms with E-state index in [1.54, 1.807) is 0 Å². The molecule has 0 radical (unpaired) electrons. The molecule has 1 aliphatic carbocycles. The van der Waals surface area contributed by atoms with Crippen molar-refractivity contribution in [3.05, 3.63) is 35.6 Å². The Kier molecular flexibility index (Phi) is 4.06. The van der Waals surface area contributed by atoms with E-state index < -0.39 is 0 Å². The highest BCUT2D eigenvalue weighted by Gasteiger charge is 2.33. The van der Waals surface area contributed by atoms with Crippen LogP contribution >= 0.6 is 0 Å². The van der Waals surface area contributed by atoms with Crippen molar-refractivity contribution in [1.82, 2.24) is 9.80 Å². The molecule has 1 saturated heterocycles. The molecule has 1 aliphatic heterocycles. The summed E-state index contributed by atoms with van der Waals surface area (Å²) in [5.41, 5.74) is 1.92. The Morgan fingerprint density at radius 1 is 1.17 bits per heavy atom. The molecule has 4 rings (SSSR count). The molecule has 0 unspecified atom stereocenters. The molecule has 5 nitrogen and oxygen atoms in total. The summed E-state index contributed by atoms with van der Waals surface area (Å²) in [6.07, 6.45) is 2.87. The van der Waals surface area contributed by atoms with Crippen LogP contribution in [0.5, 0.6) is 0 Å². The van der Waals surface area contributed by atoms with Gasteiger partial charge in [-0.1, -0.05) is 11.6 Å². The highest BCUT2D eigenvalue weighted by atomic mass is 16.3. The lowest BCUT2D eigenvalue weighted by atomic mass is 10.1. The van der Waals surface area contributed by atoms with Gasteiger partial charge in [0.1, 0.15) is 5.58 Å². The molecule has 0 bridgehead atoms. The number of piperazine rings is 1. The normalized spacial score (nSPS) is 25.5. The van der Waals surface area contributed by atoms with Crippen LogP contribution in [0.1, 0.15) is 35.4 Å². The van der Waals surface area contributed by atoms with Crippen LogP contribution in [-0.2, 0) is 0 Å². The molecule has 5 heteroatoms. The SMILES string of the molecule is Cc1ccc2oc(C(=O)N3CCN([C@H]4CCC[C@@H]4O)CC3)cc2c1. The van der Waals surface area contributed by atoms with Crippen molar-refractivity contribution in [3.8, 4) is 0 Å². The van der Waals surface area contributed by atoms with Crippen LogP contribution in [0.2, 0.25) is 0 Å². The van der Waals surface area contributed by atoms with E-state index in [1.165, 1.54) is 0 Å². The minimum atomic E-state index is -0.203. The van der Waals surface area contributed by atoms with Gasteiger partial charge in [0, 0.05) is 37.6 Å². The Balaban J connectivity index is 1.43. The van der Waals surface area contributed by atoms with Gasteiger partial charge in [-0.3, -0.25) is 9.69 Å². The molecule has 2 fully saturated rings. The first-order valence-electron chi connectivity index (χ1n) is 8.83. The molecule has 1 saturated carbocycles. The van der Waals surface area contributed by atoms with Gasteiger partial charge < -0.3 is 14.4 Å². The summed E-state index contributed by atoms with van der Waals surface area (Å²) in [5, 5.41) is 11.0. The van der Waals surface area contributed by atoms with Gasteiger partial charge in [0.25, 0.3) is 5.91 Å². The minimum Gasteiger partial charge on any atom is -0.451 e. The van der Waals surface area contributed by atoms with Crippen LogP contribution in [0.4, 0.5) is 0 Å². The number of hydrogen-bond acceptors (Lipinski definition) is 4. The van der Waals surface area contributed by atoms with Gasteiger partial charge >= 0.3 is 0 Å². The molecule has 24 heavy (non-hydrogen) atoms. The molecular formula is C19H24N2O3. The topological polar surface area (TPSA) is 56.9 Å². The lowest BCUT2D eigenvalue weighted by molar-refractivity contribution is 0.0303. The summed E-state index contributed by atoms with van der Waals surface area (Å²) in [4.78, 5) is 16.9. The standard InChI is InChI=1S/C19H24N2O3/c1-13-5-6-17-14(11-13)12-18(24-17)19(23)21-9-7-20(8-10-21)15-3-2-4-16(15)22/h5-6,11-12,15-16,22H,2-4,7-10H2,1H3/t15-,16-/m0/s1. The third kappa shape index (κ3) is 2.82.